The molecule has 0 radical (unpaired) electrons. The third kappa shape index (κ3) is 3.00. The molecule has 1 atom stereocenters. The molecule has 1 aromatic carbocycles. The lowest BCUT2D eigenvalue weighted by molar-refractivity contribution is 0.181. The van der Waals surface area contributed by atoms with Crippen LogP contribution in [0.4, 0.5) is 0 Å². The Morgan fingerprint density at radius 1 is 1.23 bits per heavy atom. The summed E-state index contributed by atoms with van der Waals surface area (Å²) in [5.74, 6) is 0. The summed E-state index contributed by atoms with van der Waals surface area (Å²) in [6.45, 7) is 0. The molecule has 5 heteroatoms. The molecule has 1 nitrogen and oxygen atoms in total. The van der Waals surface area contributed by atoms with Crippen LogP contribution < -0.4 is 0 Å². The van der Waals surface area contributed by atoms with Crippen molar-refractivity contribution in [1.82, 2.24) is 0 Å². The molecule has 0 spiro atoms. The quantitative estimate of drug-likeness (QED) is 0.781. The van der Waals surface area contributed by atoms with Crippen LogP contribution in [0.1, 0.15) is 11.7 Å². The summed E-state index contributed by atoms with van der Waals surface area (Å²) in [6, 6.07) is 7.05. The molecular weight excluding hydrogens is 298 g/mol. The molecule has 1 rings (SSSR count). The SMILES string of the molecule is OC(c1ccccc1Br)C(Cl)(Cl)Cl. The first-order valence-corrected chi connectivity index (χ1v) is 5.35. The molecule has 0 aliphatic carbocycles. The zero-order valence-electron chi connectivity index (χ0n) is 6.35. The van der Waals surface area contributed by atoms with Gasteiger partial charge in [0.25, 0.3) is 0 Å². The van der Waals surface area contributed by atoms with Gasteiger partial charge < -0.3 is 5.11 Å². The number of alkyl halides is 3. The number of hydrogen-bond donors (Lipinski definition) is 1. The first-order valence-electron chi connectivity index (χ1n) is 3.42. The van der Waals surface area contributed by atoms with Gasteiger partial charge in [0.1, 0.15) is 6.10 Å². The maximum atomic E-state index is 9.61. The number of aliphatic hydroxyl groups excluding tert-OH is 1. The Bertz CT molecular complexity index is 298. The van der Waals surface area contributed by atoms with Crippen molar-refractivity contribution in [2.45, 2.75) is 9.90 Å². The second-order valence-electron chi connectivity index (χ2n) is 2.47. The second-order valence-corrected chi connectivity index (χ2v) is 5.69. The van der Waals surface area contributed by atoms with Gasteiger partial charge in [0.15, 0.2) is 0 Å². The summed E-state index contributed by atoms with van der Waals surface area (Å²) in [4.78, 5) is 0. The highest BCUT2D eigenvalue weighted by Gasteiger charge is 2.33. The molecule has 72 valence electrons. The van der Waals surface area contributed by atoms with Crippen LogP contribution in [0.3, 0.4) is 0 Å². The molecular formula is C8H6BrCl3O. The standard InChI is InChI=1S/C8H6BrCl3O/c9-6-4-2-1-3-5(6)7(13)8(10,11)12/h1-4,7,13H. The Labute approximate surface area is 99.7 Å². The van der Waals surface area contributed by atoms with Crippen LogP contribution in [0.15, 0.2) is 28.7 Å². The largest absolute Gasteiger partial charge is 0.384 e. The highest BCUT2D eigenvalue weighted by Crippen LogP contribution is 2.41. The van der Waals surface area contributed by atoms with E-state index in [1.807, 2.05) is 6.07 Å². The molecule has 0 aromatic heterocycles. The summed E-state index contributed by atoms with van der Waals surface area (Å²) in [5, 5.41) is 9.61. The van der Waals surface area contributed by atoms with Crippen LogP contribution in [0.25, 0.3) is 0 Å². The lowest BCUT2D eigenvalue weighted by Gasteiger charge is -2.20. The zero-order chi connectivity index (χ0) is 10.1. The van der Waals surface area contributed by atoms with Gasteiger partial charge in [-0.2, -0.15) is 0 Å². The lowest BCUT2D eigenvalue weighted by Crippen LogP contribution is -2.16. The average molecular weight is 304 g/mol. The molecule has 1 N–H and O–H groups in total. The molecule has 0 fully saturated rings. The Morgan fingerprint density at radius 2 is 1.77 bits per heavy atom. The van der Waals surface area contributed by atoms with Crippen LogP contribution in [0.2, 0.25) is 0 Å². The average Bonchev–Trinajstić information content (AvgIpc) is 2.02. The fourth-order valence-electron chi connectivity index (χ4n) is 0.873. The van der Waals surface area contributed by atoms with Crippen molar-refractivity contribution in [2.24, 2.45) is 0 Å². The maximum Gasteiger partial charge on any atom is 0.220 e. The fourth-order valence-corrected chi connectivity index (χ4v) is 1.73. The summed E-state index contributed by atoms with van der Waals surface area (Å²) in [6.07, 6.45) is -1.13. The van der Waals surface area contributed by atoms with E-state index < -0.39 is 9.90 Å². The number of rotatable bonds is 1. The highest BCUT2D eigenvalue weighted by atomic mass is 79.9. The Hall–Kier alpha value is 0.530. The minimum absolute atomic E-state index is 0.558. The van der Waals surface area contributed by atoms with Gasteiger partial charge in [0.05, 0.1) is 0 Å². The molecule has 0 aliphatic heterocycles. The summed E-state index contributed by atoms with van der Waals surface area (Å²) < 4.78 is -0.988. The van der Waals surface area contributed by atoms with Crippen LogP contribution in [-0.2, 0) is 0 Å². The Morgan fingerprint density at radius 3 is 2.23 bits per heavy atom. The predicted octanol–water partition coefficient (Wildman–Crippen LogP) is 3.85. The van der Waals surface area contributed by atoms with E-state index in [9.17, 15) is 5.11 Å². The molecule has 1 unspecified atom stereocenters. The van der Waals surface area contributed by atoms with Crippen LogP contribution in [0, 0.1) is 0 Å². The summed E-state index contributed by atoms with van der Waals surface area (Å²) in [7, 11) is 0. The minimum atomic E-state index is -1.70. The van der Waals surface area contributed by atoms with Gasteiger partial charge in [-0.25, -0.2) is 0 Å². The van der Waals surface area contributed by atoms with E-state index in [1.54, 1.807) is 18.2 Å². The topological polar surface area (TPSA) is 20.2 Å². The van der Waals surface area contributed by atoms with E-state index in [-0.39, 0.29) is 0 Å². The molecule has 0 bridgehead atoms. The normalized spacial score (nSPS) is 14.2. The first-order chi connectivity index (χ1) is 5.93. The second kappa shape index (κ2) is 4.37. The Balaban J connectivity index is 3.02. The monoisotopic (exact) mass is 302 g/mol. The number of aliphatic hydroxyl groups is 1. The van der Waals surface area contributed by atoms with E-state index in [2.05, 4.69) is 15.9 Å². The number of benzene rings is 1. The third-order valence-corrected chi connectivity index (χ3v) is 2.85. The summed E-state index contributed by atoms with van der Waals surface area (Å²) in [5.41, 5.74) is 0.558. The van der Waals surface area contributed by atoms with Gasteiger partial charge in [-0.3, -0.25) is 0 Å². The molecule has 0 saturated heterocycles. The van der Waals surface area contributed by atoms with Crippen molar-refractivity contribution in [3.8, 4) is 0 Å². The van der Waals surface area contributed by atoms with Gasteiger partial charge in [-0.15, -0.1) is 0 Å². The highest BCUT2D eigenvalue weighted by molar-refractivity contribution is 9.10. The number of halogens is 4. The molecule has 1 aromatic rings. The Kier molecular flexibility index (Phi) is 3.90. The van der Waals surface area contributed by atoms with Crippen LogP contribution >= 0.6 is 50.7 Å². The fraction of sp³-hybridized carbons (Fsp3) is 0.250. The minimum Gasteiger partial charge on any atom is -0.384 e. The van der Waals surface area contributed by atoms with Crippen molar-refractivity contribution >= 4 is 50.7 Å². The van der Waals surface area contributed by atoms with Gasteiger partial charge in [-0.05, 0) is 11.6 Å². The van der Waals surface area contributed by atoms with E-state index in [0.29, 0.717) is 10.0 Å². The van der Waals surface area contributed by atoms with E-state index in [0.717, 1.165) is 0 Å². The predicted molar refractivity (Wildman–Crippen MR) is 59.4 cm³/mol. The molecule has 0 heterocycles. The third-order valence-electron chi connectivity index (χ3n) is 1.51. The van der Waals surface area contributed by atoms with Gasteiger partial charge in [0, 0.05) is 4.47 Å². The van der Waals surface area contributed by atoms with Gasteiger partial charge >= 0.3 is 0 Å². The molecule has 0 saturated carbocycles. The number of hydrogen-bond acceptors (Lipinski definition) is 1. The van der Waals surface area contributed by atoms with Crippen molar-refractivity contribution < 1.29 is 5.11 Å². The van der Waals surface area contributed by atoms with Crippen molar-refractivity contribution in [1.29, 1.82) is 0 Å². The first kappa shape index (κ1) is 11.6. The van der Waals surface area contributed by atoms with Crippen molar-refractivity contribution in [2.75, 3.05) is 0 Å². The van der Waals surface area contributed by atoms with Crippen molar-refractivity contribution in [3.63, 3.8) is 0 Å². The zero-order valence-corrected chi connectivity index (χ0v) is 10.2. The molecule has 0 amide bonds. The van der Waals surface area contributed by atoms with Gasteiger partial charge in [-0.1, -0.05) is 68.9 Å². The van der Waals surface area contributed by atoms with E-state index >= 15 is 0 Å². The summed E-state index contributed by atoms with van der Waals surface area (Å²) >= 11 is 19.9. The maximum absolute atomic E-state index is 9.61. The lowest BCUT2D eigenvalue weighted by atomic mass is 10.1. The molecule has 0 aliphatic rings. The van der Waals surface area contributed by atoms with Gasteiger partial charge in [0.2, 0.25) is 3.79 Å². The smallest absolute Gasteiger partial charge is 0.220 e. The van der Waals surface area contributed by atoms with E-state index in [1.165, 1.54) is 0 Å². The van der Waals surface area contributed by atoms with Crippen LogP contribution in [0.5, 0.6) is 0 Å². The van der Waals surface area contributed by atoms with Crippen LogP contribution in [-0.4, -0.2) is 8.90 Å². The molecule has 13 heavy (non-hydrogen) atoms. The van der Waals surface area contributed by atoms with E-state index in [4.69, 9.17) is 34.8 Å². The van der Waals surface area contributed by atoms with Crippen molar-refractivity contribution in [3.05, 3.63) is 34.3 Å².